The van der Waals surface area contributed by atoms with Crippen LogP contribution in [0.25, 0.3) is 0 Å². The van der Waals surface area contributed by atoms with Crippen LogP contribution in [0.15, 0.2) is 10.2 Å². The fourth-order valence-electron chi connectivity index (χ4n) is 7.89. The van der Waals surface area contributed by atoms with Gasteiger partial charge in [0.1, 0.15) is 0 Å². The molecule has 4 bridgehead atoms. The van der Waals surface area contributed by atoms with Crippen LogP contribution in [0.3, 0.4) is 0 Å². The van der Waals surface area contributed by atoms with E-state index in [-0.39, 0.29) is 0 Å². The molecule has 3 heteroatoms. The molecule has 4 saturated carbocycles. The highest BCUT2D eigenvalue weighted by Crippen LogP contribution is 2.70. The van der Waals surface area contributed by atoms with Gasteiger partial charge in [0, 0.05) is 18.6 Å². The summed E-state index contributed by atoms with van der Waals surface area (Å²) < 4.78 is 0. The predicted octanol–water partition coefficient (Wildman–Crippen LogP) is 3.60. The van der Waals surface area contributed by atoms with Crippen molar-refractivity contribution in [1.29, 1.82) is 0 Å². The second-order valence-electron chi connectivity index (χ2n) is 10.4. The molecule has 0 aromatic carbocycles. The van der Waals surface area contributed by atoms with Crippen LogP contribution in [0.5, 0.6) is 0 Å². The highest BCUT2D eigenvalue weighted by molar-refractivity contribution is 5.28. The van der Waals surface area contributed by atoms with Crippen LogP contribution in [0.1, 0.15) is 46.5 Å². The number of rotatable bonds is 1. The fourth-order valence-corrected chi connectivity index (χ4v) is 7.89. The lowest BCUT2D eigenvalue weighted by molar-refractivity contribution is 0.0166. The average molecular weight is 299 g/mol. The van der Waals surface area contributed by atoms with Crippen molar-refractivity contribution in [3.63, 3.8) is 0 Å². The van der Waals surface area contributed by atoms with Gasteiger partial charge in [-0.3, -0.25) is 4.90 Å². The minimum atomic E-state index is 0.444. The molecule has 0 N–H and O–H groups in total. The maximum Gasteiger partial charge on any atom is 0.0774 e. The standard InChI is InChI=1S/C19H29N3/c1-19(2,3)8-22-17-11-7-12(18(17)22)14-13(11)15-9-5-4-6-10(9)16(14)21-20-15/h9-18H,4-8H2,1-3H3/t9-,10+,11+,12-,13+,14-,15-,16+,17+,18-,22?. The van der Waals surface area contributed by atoms with Gasteiger partial charge in [0.15, 0.2) is 0 Å². The van der Waals surface area contributed by atoms with Crippen LogP contribution in [-0.2, 0) is 0 Å². The molecule has 7 aliphatic rings. The zero-order valence-electron chi connectivity index (χ0n) is 14.2. The highest BCUT2D eigenvalue weighted by Gasteiger charge is 2.75. The van der Waals surface area contributed by atoms with E-state index >= 15 is 0 Å². The molecule has 3 aliphatic heterocycles. The van der Waals surface area contributed by atoms with Gasteiger partial charge < -0.3 is 0 Å². The Morgan fingerprint density at radius 3 is 1.91 bits per heavy atom. The van der Waals surface area contributed by atoms with Crippen molar-refractivity contribution >= 4 is 0 Å². The lowest BCUT2D eigenvalue weighted by Crippen LogP contribution is -2.55. The van der Waals surface area contributed by atoms with Crippen LogP contribution in [0.4, 0.5) is 0 Å². The Hall–Kier alpha value is -0.440. The zero-order valence-corrected chi connectivity index (χ0v) is 14.2. The molecule has 0 spiro atoms. The number of likely N-dealkylation sites (tertiary alicyclic amines) is 1. The van der Waals surface area contributed by atoms with Crippen molar-refractivity contribution < 1.29 is 0 Å². The Kier molecular flexibility index (Phi) is 2.23. The molecule has 22 heavy (non-hydrogen) atoms. The molecule has 7 rings (SSSR count). The first-order valence-corrected chi connectivity index (χ1v) is 9.70. The maximum atomic E-state index is 4.86. The average Bonchev–Trinajstić information content (AvgIpc) is 2.94. The molecular weight excluding hydrogens is 270 g/mol. The van der Waals surface area contributed by atoms with Gasteiger partial charge in [-0.25, -0.2) is 0 Å². The maximum absolute atomic E-state index is 4.86. The molecule has 0 aromatic heterocycles. The molecule has 4 aliphatic carbocycles. The van der Waals surface area contributed by atoms with Gasteiger partial charge in [-0.2, -0.15) is 10.2 Å². The summed E-state index contributed by atoms with van der Waals surface area (Å²) in [6.07, 6.45) is 5.87. The van der Waals surface area contributed by atoms with E-state index in [1.807, 2.05) is 0 Å². The van der Waals surface area contributed by atoms with E-state index < -0.39 is 0 Å². The van der Waals surface area contributed by atoms with E-state index in [4.69, 9.17) is 10.2 Å². The second kappa shape index (κ2) is 3.79. The Balaban J connectivity index is 1.33. The van der Waals surface area contributed by atoms with Crippen molar-refractivity contribution in [1.82, 2.24) is 4.90 Å². The molecule has 0 aromatic rings. The molecule has 1 saturated heterocycles. The minimum Gasteiger partial charge on any atom is -0.293 e. The van der Waals surface area contributed by atoms with Gasteiger partial charge in [-0.15, -0.1) is 0 Å². The molecule has 5 fully saturated rings. The number of azo groups is 1. The van der Waals surface area contributed by atoms with Crippen molar-refractivity contribution in [2.24, 2.45) is 51.2 Å². The van der Waals surface area contributed by atoms with Crippen molar-refractivity contribution in [2.75, 3.05) is 6.54 Å². The van der Waals surface area contributed by atoms with Crippen LogP contribution < -0.4 is 0 Å². The number of piperidine rings is 1. The number of hydrogen-bond donors (Lipinski definition) is 0. The van der Waals surface area contributed by atoms with E-state index in [1.165, 1.54) is 32.2 Å². The van der Waals surface area contributed by atoms with Gasteiger partial charge in [-0.1, -0.05) is 27.2 Å². The van der Waals surface area contributed by atoms with Gasteiger partial charge in [0.2, 0.25) is 0 Å². The summed E-state index contributed by atoms with van der Waals surface area (Å²) in [4.78, 5) is 2.87. The van der Waals surface area contributed by atoms with Gasteiger partial charge in [-0.05, 0) is 60.2 Å². The predicted molar refractivity (Wildman–Crippen MR) is 85.6 cm³/mol. The van der Waals surface area contributed by atoms with Gasteiger partial charge in [0.05, 0.1) is 12.1 Å². The van der Waals surface area contributed by atoms with Crippen LogP contribution in [0, 0.1) is 40.9 Å². The van der Waals surface area contributed by atoms with E-state index in [2.05, 4.69) is 25.7 Å². The monoisotopic (exact) mass is 299 g/mol. The fraction of sp³-hybridized carbons (Fsp3) is 1.00. The lowest BCUT2D eigenvalue weighted by Gasteiger charge is -2.51. The summed E-state index contributed by atoms with van der Waals surface area (Å²) in [7, 11) is 0. The second-order valence-corrected chi connectivity index (χ2v) is 10.4. The zero-order chi connectivity index (χ0) is 14.8. The van der Waals surface area contributed by atoms with E-state index in [0.29, 0.717) is 17.5 Å². The summed E-state index contributed by atoms with van der Waals surface area (Å²) >= 11 is 0. The molecule has 11 atom stereocenters. The number of nitrogens with zero attached hydrogens (tertiary/aromatic N) is 3. The van der Waals surface area contributed by atoms with Gasteiger partial charge in [0.25, 0.3) is 0 Å². The van der Waals surface area contributed by atoms with E-state index in [1.54, 1.807) is 0 Å². The van der Waals surface area contributed by atoms with Gasteiger partial charge >= 0.3 is 0 Å². The van der Waals surface area contributed by atoms with E-state index in [9.17, 15) is 0 Å². The Bertz CT molecular complexity index is 511. The largest absolute Gasteiger partial charge is 0.293 e. The molecule has 1 unspecified atom stereocenters. The Morgan fingerprint density at radius 2 is 1.41 bits per heavy atom. The third-order valence-electron chi connectivity index (χ3n) is 8.16. The smallest absolute Gasteiger partial charge is 0.0774 e. The molecule has 120 valence electrons. The Labute approximate surface area is 133 Å². The normalized spacial score (nSPS) is 63.0. The topological polar surface area (TPSA) is 27.7 Å². The SMILES string of the molecule is CC(C)(C)CN1[C@@H]2[C@@H]3C[C@@H]([C@@H]4[C@@H]5N=N[C@@H]([C@H]6CCC[C@H]65)[C@H]34)[C@@H]21. The quantitative estimate of drug-likeness (QED) is 0.680. The van der Waals surface area contributed by atoms with Crippen LogP contribution in [0.2, 0.25) is 0 Å². The number of hydrogen-bond acceptors (Lipinski definition) is 3. The summed E-state index contributed by atoms with van der Waals surface area (Å²) in [5.41, 5.74) is 0.444. The molecule has 0 amide bonds. The summed E-state index contributed by atoms with van der Waals surface area (Å²) in [6.45, 7) is 8.49. The minimum absolute atomic E-state index is 0.444. The first-order valence-electron chi connectivity index (χ1n) is 9.70. The summed E-state index contributed by atoms with van der Waals surface area (Å²) in [5.74, 6) is 5.59. The summed E-state index contributed by atoms with van der Waals surface area (Å²) in [6, 6.07) is 3.10. The van der Waals surface area contributed by atoms with Crippen molar-refractivity contribution in [2.45, 2.75) is 70.6 Å². The lowest BCUT2D eigenvalue weighted by atomic mass is 9.58. The first kappa shape index (κ1) is 12.9. The third-order valence-corrected chi connectivity index (χ3v) is 8.16. The molecule has 0 radical (unpaired) electrons. The van der Waals surface area contributed by atoms with Crippen molar-refractivity contribution in [3.8, 4) is 0 Å². The molecule has 3 nitrogen and oxygen atoms in total. The highest BCUT2D eigenvalue weighted by atomic mass is 15.4. The van der Waals surface area contributed by atoms with Crippen LogP contribution >= 0.6 is 0 Å². The summed E-state index contributed by atoms with van der Waals surface area (Å²) in [5, 5.41) is 9.72. The van der Waals surface area contributed by atoms with Crippen LogP contribution in [-0.4, -0.2) is 35.6 Å². The molecular formula is C19H29N3. The van der Waals surface area contributed by atoms with E-state index in [0.717, 1.165) is 47.6 Å². The number of fused-ring (bicyclic) bond motifs is 5. The third kappa shape index (κ3) is 1.39. The molecule has 3 heterocycles. The first-order chi connectivity index (χ1) is 10.5. The Morgan fingerprint density at radius 1 is 0.864 bits per heavy atom. The van der Waals surface area contributed by atoms with Crippen molar-refractivity contribution in [3.05, 3.63) is 0 Å².